The predicted octanol–water partition coefficient (Wildman–Crippen LogP) is 4.17. The lowest BCUT2D eigenvalue weighted by molar-refractivity contribution is -0.484. The zero-order valence-corrected chi connectivity index (χ0v) is 17.9. The lowest BCUT2D eigenvalue weighted by Gasteiger charge is -2.24. The molecule has 8 nitrogen and oxygen atoms in total. The summed E-state index contributed by atoms with van der Waals surface area (Å²) in [7, 11) is -2.81. The van der Waals surface area contributed by atoms with E-state index >= 15 is 0 Å². The Morgan fingerprint density at radius 2 is 1.77 bits per heavy atom. The van der Waals surface area contributed by atoms with Crippen LogP contribution in [0.1, 0.15) is 28.7 Å². The van der Waals surface area contributed by atoms with E-state index in [2.05, 4.69) is 4.40 Å². The van der Waals surface area contributed by atoms with Gasteiger partial charge in [-0.1, -0.05) is 48.0 Å². The van der Waals surface area contributed by atoms with Gasteiger partial charge in [-0.25, -0.2) is 0 Å². The van der Waals surface area contributed by atoms with E-state index in [1.807, 2.05) is 6.92 Å². The molecule has 0 aliphatic rings. The number of nitro groups is 1. The molecule has 1 aromatic heterocycles. The summed E-state index contributed by atoms with van der Waals surface area (Å²) in [5.41, 5.74) is 1.52. The van der Waals surface area contributed by atoms with Gasteiger partial charge >= 0.3 is 0 Å². The lowest BCUT2D eigenvalue weighted by Crippen LogP contribution is -2.27. The van der Waals surface area contributed by atoms with Crippen LogP contribution in [0, 0.1) is 17.0 Å². The maximum absolute atomic E-state index is 13.0. The summed E-state index contributed by atoms with van der Waals surface area (Å²) in [4.78, 5) is 11.0. The molecule has 0 unspecified atom stereocenters. The van der Waals surface area contributed by atoms with E-state index in [-0.39, 0.29) is 10.8 Å². The van der Waals surface area contributed by atoms with Crippen LogP contribution in [0.25, 0.3) is 0 Å². The molecule has 0 aliphatic carbocycles. The Morgan fingerprint density at radius 3 is 2.32 bits per heavy atom. The van der Waals surface area contributed by atoms with Crippen LogP contribution in [0.4, 0.5) is 0 Å². The second-order valence-electron chi connectivity index (χ2n) is 6.95. The topological polar surface area (TPSA) is 112 Å². The molecule has 0 saturated heterocycles. The monoisotopic (exact) mass is 442 g/mol. The van der Waals surface area contributed by atoms with Gasteiger partial charge in [0.1, 0.15) is 5.76 Å². The van der Waals surface area contributed by atoms with Crippen molar-refractivity contribution in [3.05, 3.63) is 100.0 Å². The van der Waals surface area contributed by atoms with Crippen LogP contribution in [-0.2, 0) is 14.8 Å². The van der Waals surface area contributed by atoms with Crippen molar-refractivity contribution in [3.63, 3.8) is 0 Å². The fourth-order valence-electron chi connectivity index (χ4n) is 3.33. The van der Waals surface area contributed by atoms with Crippen molar-refractivity contribution < 1.29 is 22.5 Å². The number of hydrogen-bond acceptors (Lipinski definition) is 6. The molecule has 0 fully saturated rings. The largest absolute Gasteiger partial charge is 0.483 e. The van der Waals surface area contributed by atoms with Crippen LogP contribution in [0.15, 0.2) is 86.7 Å². The van der Waals surface area contributed by atoms with Crippen molar-refractivity contribution in [1.82, 2.24) is 0 Å². The average Bonchev–Trinajstić information content (AvgIpc) is 3.28. The second kappa shape index (κ2) is 9.57. The summed E-state index contributed by atoms with van der Waals surface area (Å²) < 4.78 is 40.7. The average molecular weight is 442 g/mol. The van der Waals surface area contributed by atoms with Crippen molar-refractivity contribution in [2.75, 3.05) is 13.7 Å². The Morgan fingerprint density at radius 1 is 1.10 bits per heavy atom. The van der Waals surface area contributed by atoms with Crippen molar-refractivity contribution in [3.8, 4) is 0 Å². The molecule has 162 valence electrons. The van der Waals surface area contributed by atoms with Crippen molar-refractivity contribution in [2.24, 2.45) is 4.40 Å². The van der Waals surface area contributed by atoms with Crippen LogP contribution in [0.3, 0.4) is 0 Å². The number of benzene rings is 2. The van der Waals surface area contributed by atoms with Crippen LogP contribution >= 0.6 is 0 Å². The quantitative estimate of drug-likeness (QED) is 0.224. The molecular weight excluding hydrogens is 420 g/mol. The van der Waals surface area contributed by atoms with Crippen molar-refractivity contribution in [1.29, 1.82) is 0 Å². The Labute approximate surface area is 180 Å². The molecule has 3 rings (SSSR count). The molecule has 9 heteroatoms. The third kappa shape index (κ3) is 5.37. The number of sulfonamides is 1. The molecule has 0 aliphatic heterocycles. The summed E-state index contributed by atoms with van der Waals surface area (Å²) in [6.45, 7) is 1.34. The van der Waals surface area contributed by atoms with Gasteiger partial charge in [-0.3, -0.25) is 10.1 Å². The third-order valence-electron chi connectivity index (χ3n) is 4.82. The first-order chi connectivity index (χ1) is 14.8. The number of nitrogens with zero attached hydrogens (tertiary/aromatic N) is 2. The van der Waals surface area contributed by atoms with Gasteiger partial charge in [0.2, 0.25) is 12.4 Å². The summed E-state index contributed by atoms with van der Waals surface area (Å²) >= 11 is 0. The first-order valence-corrected chi connectivity index (χ1v) is 10.9. The highest BCUT2D eigenvalue weighted by Crippen LogP contribution is 2.36. The molecule has 0 amide bonds. The molecule has 0 radical (unpaired) electrons. The number of aryl methyl sites for hydroxylation is 1. The van der Waals surface area contributed by atoms with E-state index < -0.39 is 33.3 Å². The molecule has 2 atom stereocenters. The fraction of sp³-hybridized carbons (Fsp3) is 0.227. The number of methoxy groups -OCH3 is 1. The van der Waals surface area contributed by atoms with Crippen LogP contribution in [-0.4, -0.2) is 32.9 Å². The van der Waals surface area contributed by atoms with Gasteiger partial charge in [-0.2, -0.15) is 8.42 Å². The SMILES string of the molecule is CO/C(=N\S(=O)(=O)c1ccc(C)cc1)[C@H](c1ccccc1)[C@@H](C[N+](=O)[O-])c1ccco1. The van der Waals surface area contributed by atoms with Gasteiger partial charge in [0.15, 0.2) is 0 Å². The minimum Gasteiger partial charge on any atom is -0.483 e. The molecule has 3 aromatic rings. The minimum absolute atomic E-state index is 0.00304. The molecule has 0 bridgehead atoms. The molecule has 0 saturated carbocycles. The van der Waals surface area contributed by atoms with Gasteiger partial charge in [-0.15, -0.1) is 4.40 Å². The number of hydrogen-bond donors (Lipinski definition) is 0. The van der Waals surface area contributed by atoms with Gasteiger partial charge in [0.25, 0.3) is 10.0 Å². The van der Waals surface area contributed by atoms with Crippen molar-refractivity contribution >= 4 is 15.9 Å². The first kappa shape index (κ1) is 22.2. The number of furan rings is 1. The number of rotatable bonds is 8. The van der Waals surface area contributed by atoms with E-state index in [0.29, 0.717) is 11.3 Å². The molecular formula is C22H22N2O6S. The molecule has 31 heavy (non-hydrogen) atoms. The Hall–Kier alpha value is -3.46. The van der Waals surface area contributed by atoms with Crippen LogP contribution in [0.5, 0.6) is 0 Å². The lowest BCUT2D eigenvalue weighted by atomic mass is 9.84. The Kier molecular flexibility index (Phi) is 6.86. The normalized spacial score (nSPS) is 14.1. The van der Waals surface area contributed by atoms with Gasteiger partial charge < -0.3 is 9.15 Å². The summed E-state index contributed by atoms with van der Waals surface area (Å²) in [6.07, 6.45) is 1.41. The highest BCUT2D eigenvalue weighted by Gasteiger charge is 2.37. The van der Waals surface area contributed by atoms with E-state index in [4.69, 9.17) is 9.15 Å². The fourth-order valence-corrected chi connectivity index (χ4v) is 4.34. The highest BCUT2D eigenvalue weighted by atomic mass is 32.2. The smallest absolute Gasteiger partial charge is 0.285 e. The summed E-state index contributed by atoms with van der Waals surface area (Å²) in [6, 6.07) is 18.3. The zero-order valence-electron chi connectivity index (χ0n) is 17.0. The zero-order chi connectivity index (χ0) is 22.4. The van der Waals surface area contributed by atoms with E-state index in [1.165, 1.54) is 25.5 Å². The van der Waals surface area contributed by atoms with Crippen molar-refractivity contribution in [2.45, 2.75) is 23.7 Å². The third-order valence-corrected chi connectivity index (χ3v) is 6.11. The van der Waals surface area contributed by atoms with Gasteiger partial charge in [-0.05, 0) is 36.8 Å². The molecule has 2 aromatic carbocycles. The molecule has 0 spiro atoms. The molecule has 1 heterocycles. The maximum atomic E-state index is 13.0. The summed E-state index contributed by atoms with van der Waals surface area (Å²) in [5.74, 6) is -1.51. The second-order valence-corrected chi connectivity index (χ2v) is 8.55. The standard InChI is InChI=1S/C22H22N2O6S/c1-16-10-12-18(13-11-16)31(27,28)23-22(29-2)21(17-7-4-3-5-8-17)19(15-24(25)26)20-9-6-14-30-20/h3-14,19,21H,15H2,1-2H3/b23-22-/t19-,21+/m0/s1. The molecule has 0 N–H and O–H groups in total. The highest BCUT2D eigenvalue weighted by molar-refractivity contribution is 7.90. The Balaban J connectivity index is 2.16. The minimum atomic E-state index is -4.11. The van der Waals surface area contributed by atoms with Gasteiger partial charge in [0, 0.05) is 4.92 Å². The van der Waals surface area contributed by atoms with Gasteiger partial charge in [0.05, 0.1) is 30.1 Å². The number of ether oxygens (including phenoxy) is 1. The van der Waals surface area contributed by atoms with E-state index in [9.17, 15) is 18.5 Å². The van der Waals surface area contributed by atoms with E-state index in [1.54, 1.807) is 54.6 Å². The summed E-state index contributed by atoms with van der Waals surface area (Å²) in [5, 5.41) is 11.5. The first-order valence-electron chi connectivity index (χ1n) is 9.47. The predicted molar refractivity (Wildman–Crippen MR) is 115 cm³/mol. The Bertz CT molecular complexity index is 1140. The van der Waals surface area contributed by atoms with Crippen LogP contribution < -0.4 is 0 Å². The maximum Gasteiger partial charge on any atom is 0.285 e. The van der Waals surface area contributed by atoms with Crippen LogP contribution in [0.2, 0.25) is 0 Å². The van der Waals surface area contributed by atoms with E-state index in [0.717, 1.165) is 5.56 Å².